The Morgan fingerprint density at radius 1 is 0.393 bits per heavy atom. The predicted molar refractivity (Wildman–Crippen MR) is 229 cm³/mol. The van der Waals surface area contributed by atoms with E-state index in [1.54, 1.807) is 18.2 Å². The fourth-order valence-electron chi connectivity index (χ4n) is 7.12. The molecule has 0 bridgehead atoms. The lowest BCUT2D eigenvalue weighted by atomic mass is 9.97. The van der Waals surface area contributed by atoms with Gasteiger partial charge < -0.3 is 8.98 Å². The van der Waals surface area contributed by atoms with E-state index >= 15 is 0 Å². The van der Waals surface area contributed by atoms with E-state index in [1.807, 2.05) is 103 Å². The van der Waals surface area contributed by atoms with Crippen molar-refractivity contribution in [3.05, 3.63) is 194 Å². The summed E-state index contributed by atoms with van der Waals surface area (Å²) in [4.78, 5) is 14.7. The van der Waals surface area contributed by atoms with E-state index in [4.69, 9.17) is 31.7 Å². The zero-order chi connectivity index (χ0) is 47.4. The van der Waals surface area contributed by atoms with Crippen molar-refractivity contribution in [1.82, 2.24) is 19.5 Å². The molecule has 8 aromatic carbocycles. The number of nitrogens with zero attached hydrogens (tertiary/aromatic N) is 4. The van der Waals surface area contributed by atoms with Crippen molar-refractivity contribution in [1.29, 1.82) is 0 Å². The predicted octanol–water partition coefficient (Wildman–Crippen LogP) is 13.2. The molecule has 0 aliphatic carbocycles. The van der Waals surface area contributed by atoms with Crippen molar-refractivity contribution in [2.45, 2.75) is 0 Å². The third-order valence-corrected chi connectivity index (χ3v) is 9.80. The third kappa shape index (κ3) is 5.45. The summed E-state index contributed by atoms with van der Waals surface area (Å²) in [5.74, 6) is 1.39. The maximum atomic E-state index is 9.62. The molecular formula is C51H32N4O. The standard InChI is InChI=1S/C51H32N4O/c1-3-12-34(13-4-1)49-52-50(54-51(53-49)39-26-28-43-42-19-8-10-21-47(42)56-48(43)32-39)35-24-22-33(23-25-35)36-14-11-15-37(30-36)38-27-29-46-44(31-38)41-18-7-9-20-45(41)55(46)40-16-5-2-6-17-40/h1-32H/i2D,5D,6D,7D,9D,16D,17D,18D,20D,27D,29D,31D. The van der Waals surface area contributed by atoms with E-state index in [-0.39, 0.29) is 33.4 Å². The Bertz CT molecular complexity index is 3920. The highest BCUT2D eigenvalue weighted by atomic mass is 16.3. The van der Waals surface area contributed by atoms with E-state index in [1.165, 1.54) is 0 Å². The lowest BCUT2D eigenvalue weighted by Gasteiger charge is -2.10. The summed E-state index contributed by atoms with van der Waals surface area (Å²) in [6, 6.07) is 30.9. The van der Waals surface area contributed by atoms with Gasteiger partial charge in [-0.2, -0.15) is 0 Å². The molecule has 11 aromatic rings. The summed E-state index contributed by atoms with van der Waals surface area (Å²) < 4.78 is 113. The molecule has 3 heterocycles. The second kappa shape index (κ2) is 13.0. The Balaban J connectivity index is 1.03. The molecule has 56 heavy (non-hydrogen) atoms. The van der Waals surface area contributed by atoms with Crippen molar-refractivity contribution < 1.29 is 20.9 Å². The fraction of sp³-hybridized carbons (Fsp3) is 0. The van der Waals surface area contributed by atoms with Gasteiger partial charge in [0, 0.05) is 43.9 Å². The van der Waals surface area contributed by atoms with Crippen LogP contribution in [0.15, 0.2) is 198 Å². The number of para-hydroxylation sites is 3. The van der Waals surface area contributed by atoms with Gasteiger partial charge in [-0.3, -0.25) is 0 Å². The minimum absolute atomic E-state index is 0.000448. The number of rotatable bonds is 6. The quantitative estimate of drug-likeness (QED) is 0.171. The lowest BCUT2D eigenvalue weighted by molar-refractivity contribution is 0.669. The van der Waals surface area contributed by atoms with Gasteiger partial charge in [-0.15, -0.1) is 0 Å². The van der Waals surface area contributed by atoms with Crippen LogP contribution in [0.25, 0.3) is 106 Å². The molecule has 0 N–H and O–H groups in total. The SMILES string of the molecule is [2H]c1c([2H])c([2H])c(-n2c3c([2H])c([2H])c([2H])c([2H])c3c3c([2H])c(-c4cccc(-c5ccc(-c6nc(-c7ccccc7)nc(-c7ccc8c(c7)oc7ccccc78)n6)cc5)c4)c([2H])c([2H])c32)c([2H])c1[2H]. The van der Waals surface area contributed by atoms with Gasteiger partial charge in [-0.25, -0.2) is 15.0 Å². The van der Waals surface area contributed by atoms with E-state index in [9.17, 15) is 4.11 Å². The fourth-order valence-corrected chi connectivity index (χ4v) is 7.12. The molecule has 0 saturated heterocycles. The highest BCUT2D eigenvalue weighted by Crippen LogP contribution is 2.37. The first-order chi connectivity index (χ1) is 32.7. The summed E-state index contributed by atoms with van der Waals surface area (Å²) >= 11 is 0. The molecule has 5 heteroatoms. The Morgan fingerprint density at radius 2 is 1.00 bits per heavy atom. The molecule has 3 aromatic heterocycles. The largest absolute Gasteiger partial charge is 0.456 e. The molecule has 0 fully saturated rings. The van der Waals surface area contributed by atoms with Gasteiger partial charge in [-0.1, -0.05) is 139 Å². The highest BCUT2D eigenvalue weighted by Gasteiger charge is 2.16. The summed E-state index contributed by atoms with van der Waals surface area (Å²) in [5.41, 5.74) is 4.58. The van der Waals surface area contributed by atoms with Gasteiger partial charge in [-0.05, 0) is 76.7 Å². The normalized spacial score (nSPS) is 14.6. The third-order valence-electron chi connectivity index (χ3n) is 9.80. The van der Waals surface area contributed by atoms with Gasteiger partial charge in [0.2, 0.25) is 0 Å². The van der Waals surface area contributed by atoms with Crippen LogP contribution in [0.4, 0.5) is 0 Å². The summed E-state index contributed by atoms with van der Waals surface area (Å²) in [6.45, 7) is 0. The molecule has 0 radical (unpaired) electrons. The average molecular weight is 729 g/mol. The van der Waals surface area contributed by atoms with Crippen LogP contribution in [0.1, 0.15) is 16.4 Å². The average Bonchev–Trinajstić information content (AvgIpc) is 3.92. The number of aromatic nitrogens is 4. The number of fused-ring (bicyclic) bond motifs is 6. The molecule has 0 saturated carbocycles. The van der Waals surface area contributed by atoms with E-state index in [0.29, 0.717) is 39.7 Å². The van der Waals surface area contributed by atoms with E-state index < -0.39 is 72.2 Å². The Hall–Kier alpha value is -7.63. The van der Waals surface area contributed by atoms with Gasteiger partial charge in [0.25, 0.3) is 0 Å². The van der Waals surface area contributed by atoms with Crippen LogP contribution in [-0.2, 0) is 0 Å². The smallest absolute Gasteiger partial charge is 0.164 e. The van der Waals surface area contributed by atoms with Crippen molar-refractivity contribution in [3.63, 3.8) is 0 Å². The first-order valence-corrected chi connectivity index (χ1v) is 17.8. The van der Waals surface area contributed by atoms with Crippen LogP contribution in [0.3, 0.4) is 0 Å². The first-order valence-electron chi connectivity index (χ1n) is 23.8. The van der Waals surface area contributed by atoms with Crippen LogP contribution in [0, 0.1) is 0 Å². The summed E-state index contributed by atoms with van der Waals surface area (Å²) in [6.07, 6.45) is 0. The van der Waals surface area contributed by atoms with Gasteiger partial charge in [0.1, 0.15) is 11.2 Å². The Kier molecular flexibility index (Phi) is 5.10. The van der Waals surface area contributed by atoms with Crippen LogP contribution < -0.4 is 0 Å². The second-order valence-electron chi connectivity index (χ2n) is 13.1. The monoisotopic (exact) mass is 728 g/mol. The molecule has 0 unspecified atom stereocenters. The molecule has 0 aliphatic heterocycles. The van der Waals surface area contributed by atoms with E-state index in [2.05, 4.69) is 0 Å². The van der Waals surface area contributed by atoms with Crippen molar-refractivity contribution in [2.24, 2.45) is 0 Å². The van der Waals surface area contributed by atoms with Gasteiger partial charge >= 0.3 is 0 Å². The van der Waals surface area contributed by atoms with Crippen LogP contribution in [0.2, 0.25) is 0 Å². The van der Waals surface area contributed by atoms with Crippen LogP contribution in [-0.4, -0.2) is 19.5 Å². The lowest BCUT2D eigenvalue weighted by Crippen LogP contribution is -2.00. The zero-order valence-corrected chi connectivity index (χ0v) is 29.2. The minimum Gasteiger partial charge on any atom is -0.456 e. The molecule has 11 rings (SSSR count). The van der Waals surface area contributed by atoms with Gasteiger partial charge in [0.05, 0.1) is 27.5 Å². The summed E-state index contributed by atoms with van der Waals surface area (Å²) in [7, 11) is 0. The van der Waals surface area contributed by atoms with Crippen molar-refractivity contribution in [2.75, 3.05) is 0 Å². The topological polar surface area (TPSA) is 56.7 Å². The van der Waals surface area contributed by atoms with Crippen LogP contribution >= 0.6 is 0 Å². The van der Waals surface area contributed by atoms with Crippen LogP contribution in [0.5, 0.6) is 0 Å². The zero-order valence-electron chi connectivity index (χ0n) is 41.2. The molecule has 0 atom stereocenters. The number of benzene rings is 8. The molecule has 5 nitrogen and oxygen atoms in total. The molecule has 0 aliphatic rings. The number of hydrogen-bond acceptors (Lipinski definition) is 4. The Labute approximate surface area is 339 Å². The highest BCUT2D eigenvalue weighted by molar-refractivity contribution is 6.10. The van der Waals surface area contributed by atoms with Gasteiger partial charge in [0.15, 0.2) is 17.5 Å². The molecule has 0 spiro atoms. The second-order valence-corrected chi connectivity index (χ2v) is 13.1. The molecular weight excluding hydrogens is 685 g/mol. The number of hydrogen-bond donors (Lipinski definition) is 0. The first kappa shape index (κ1) is 21.9. The van der Waals surface area contributed by atoms with E-state index in [0.717, 1.165) is 37.6 Å². The number of furan rings is 1. The molecule has 0 amide bonds. The maximum Gasteiger partial charge on any atom is 0.164 e. The molecule has 262 valence electrons. The Morgan fingerprint density at radius 3 is 1.82 bits per heavy atom. The van der Waals surface area contributed by atoms with Crippen molar-refractivity contribution >= 4 is 43.7 Å². The minimum atomic E-state index is -0.700. The maximum absolute atomic E-state index is 9.62. The van der Waals surface area contributed by atoms with Crippen molar-refractivity contribution in [3.8, 4) is 62.1 Å². The summed E-state index contributed by atoms with van der Waals surface area (Å²) in [5, 5.41) is 1.68.